The minimum atomic E-state index is -0.183. The minimum absolute atomic E-state index is 0.183. The van der Waals surface area contributed by atoms with E-state index >= 15 is 0 Å². The minimum Gasteiger partial charge on any atom is -0.494 e. The number of rotatable bonds is 13. The summed E-state index contributed by atoms with van der Waals surface area (Å²) in [6, 6.07) is 86.7. The van der Waals surface area contributed by atoms with Gasteiger partial charge in [-0.3, -0.25) is 0 Å². The molecular formula is C77H62O2. The summed E-state index contributed by atoms with van der Waals surface area (Å²) >= 11 is 0. The van der Waals surface area contributed by atoms with Crippen LogP contribution >= 0.6 is 0 Å². The van der Waals surface area contributed by atoms with Gasteiger partial charge >= 0.3 is 0 Å². The Morgan fingerprint density at radius 1 is 0.266 bits per heavy atom. The lowest BCUT2D eigenvalue weighted by atomic mass is 9.72. The second-order valence-electron chi connectivity index (χ2n) is 21.6. The van der Waals surface area contributed by atoms with Crippen LogP contribution in [-0.4, -0.2) is 13.2 Å². The van der Waals surface area contributed by atoms with Crippen LogP contribution in [0.5, 0.6) is 11.5 Å². The highest BCUT2D eigenvalue weighted by atomic mass is 16.5. The zero-order chi connectivity index (χ0) is 53.2. The van der Waals surface area contributed by atoms with Gasteiger partial charge in [-0.2, -0.15) is 0 Å². The Bertz CT molecular complexity index is 4350. The third-order valence-corrected chi connectivity index (χ3v) is 17.4. The summed E-state index contributed by atoms with van der Waals surface area (Å²) in [7, 11) is 0. The van der Waals surface area contributed by atoms with E-state index in [4.69, 9.17) is 9.47 Å². The SMILES string of the molecule is CCCOc1ccc(-c2c3ccccc3c(-c3ccc4c(c3)C(CC)(CC)c3cc(-c5c6ccccc6c(-c6c7ccccc7c(-c7ccc(OCCC)cc7)c7ccccc67)c6ccccc56)ccc3-4)c3ccccc23)cc1. The molecule has 13 aromatic carbocycles. The first-order valence-electron chi connectivity index (χ1n) is 28.6. The van der Waals surface area contributed by atoms with Gasteiger partial charge in [0.15, 0.2) is 0 Å². The van der Waals surface area contributed by atoms with Crippen LogP contribution in [0, 0.1) is 0 Å². The number of ether oxygens (including phenoxy) is 2. The van der Waals surface area contributed by atoms with E-state index in [1.165, 1.54) is 143 Å². The maximum atomic E-state index is 6.04. The van der Waals surface area contributed by atoms with Crippen LogP contribution in [0.15, 0.2) is 231 Å². The van der Waals surface area contributed by atoms with Crippen molar-refractivity contribution in [2.45, 2.75) is 58.8 Å². The van der Waals surface area contributed by atoms with Gasteiger partial charge < -0.3 is 9.47 Å². The van der Waals surface area contributed by atoms with Crippen molar-refractivity contribution in [3.8, 4) is 78.3 Å². The molecule has 0 saturated carbocycles. The largest absolute Gasteiger partial charge is 0.494 e. The van der Waals surface area contributed by atoms with Crippen molar-refractivity contribution >= 4 is 64.6 Å². The fraction of sp³-hybridized carbons (Fsp3) is 0.143. The van der Waals surface area contributed by atoms with E-state index in [2.05, 4.69) is 258 Å². The Labute approximate surface area is 463 Å². The molecule has 1 aliphatic rings. The molecule has 0 aliphatic heterocycles. The topological polar surface area (TPSA) is 18.5 Å². The van der Waals surface area contributed by atoms with Crippen LogP contribution in [0.1, 0.15) is 64.5 Å². The molecule has 14 rings (SSSR count). The van der Waals surface area contributed by atoms with E-state index < -0.39 is 0 Å². The Balaban J connectivity index is 0.934. The molecule has 0 spiro atoms. The molecule has 0 fully saturated rings. The summed E-state index contributed by atoms with van der Waals surface area (Å²) in [5.74, 6) is 1.82. The van der Waals surface area contributed by atoms with Gasteiger partial charge in [0, 0.05) is 5.41 Å². The molecule has 0 atom stereocenters. The standard InChI is InChI=1S/C77H62O2/c1-5-45-78-53-39-33-49(34-40-53)71-57-21-9-11-23-59(57)73(60-24-12-10-22-58(60)71)51-37-43-55-56-44-38-52(48-70(56)77(7-3,8-4)69(55)47-51)74-63-27-15-19-31-67(63)76(68-32-20-16-28-64(68)74)75-65-29-17-13-25-61(65)72(62-26-14-18-30-66(62)75)50-35-41-54(42-36-50)79-46-6-2/h9-44,47-48H,5-8,45-46H2,1-4H3. The maximum absolute atomic E-state index is 6.04. The van der Waals surface area contributed by atoms with E-state index in [-0.39, 0.29) is 5.41 Å². The quantitative estimate of drug-likeness (QED) is 0.107. The molecule has 1 aliphatic carbocycles. The lowest BCUT2D eigenvalue weighted by Gasteiger charge is -2.30. The van der Waals surface area contributed by atoms with Gasteiger partial charge in [0.25, 0.3) is 0 Å². The molecule has 0 N–H and O–H groups in total. The summed E-state index contributed by atoms with van der Waals surface area (Å²) in [6.07, 6.45) is 3.94. The summed E-state index contributed by atoms with van der Waals surface area (Å²) < 4.78 is 12.1. The van der Waals surface area contributed by atoms with Crippen LogP contribution in [-0.2, 0) is 5.41 Å². The molecule has 0 bridgehead atoms. The second-order valence-corrected chi connectivity index (χ2v) is 21.6. The highest BCUT2D eigenvalue weighted by Gasteiger charge is 2.41. The lowest BCUT2D eigenvalue weighted by Crippen LogP contribution is -2.23. The van der Waals surface area contributed by atoms with Crippen molar-refractivity contribution in [2.75, 3.05) is 13.2 Å². The monoisotopic (exact) mass is 1020 g/mol. The summed E-state index contributed by atoms with van der Waals surface area (Å²) in [4.78, 5) is 0. The van der Waals surface area contributed by atoms with Crippen LogP contribution < -0.4 is 9.47 Å². The number of hydrogen-bond acceptors (Lipinski definition) is 2. The second kappa shape index (κ2) is 19.8. The Hall–Kier alpha value is -8.98. The van der Waals surface area contributed by atoms with Crippen LogP contribution in [0.4, 0.5) is 0 Å². The van der Waals surface area contributed by atoms with Crippen LogP contribution in [0.25, 0.3) is 131 Å². The van der Waals surface area contributed by atoms with Gasteiger partial charge in [0.05, 0.1) is 13.2 Å². The third kappa shape index (κ3) is 7.67. The molecule has 0 radical (unpaired) electrons. The van der Waals surface area contributed by atoms with Gasteiger partial charge in [0.1, 0.15) is 11.5 Å². The van der Waals surface area contributed by atoms with Crippen LogP contribution in [0.2, 0.25) is 0 Å². The zero-order valence-electron chi connectivity index (χ0n) is 45.5. The van der Waals surface area contributed by atoms with Gasteiger partial charge in [-0.15, -0.1) is 0 Å². The van der Waals surface area contributed by atoms with E-state index in [9.17, 15) is 0 Å². The first-order valence-corrected chi connectivity index (χ1v) is 28.6. The number of benzene rings is 13. The van der Waals surface area contributed by atoms with Crippen LogP contribution in [0.3, 0.4) is 0 Å². The van der Waals surface area contributed by atoms with E-state index in [0.717, 1.165) is 37.2 Å². The number of hydrogen-bond donors (Lipinski definition) is 0. The molecule has 0 aromatic heterocycles. The molecule has 0 heterocycles. The molecule has 2 nitrogen and oxygen atoms in total. The molecular weight excluding hydrogens is 957 g/mol. The molecule has 0 amide bonds. The average molecular weight is 1020 g/mol. The normalized spacial score (nSPS) is 12.7. The zero-order valence-corrected chi connectivity index (χ0v) is 45.5. The van der Waals surface area contributed by atoms with Gasteiger partial charge in [-0.25, -0.2) is 0 Å². The molecule has 79 heavy (non-hydrogen) atoms. The van der Waals surface area contributed by atoms with Crippen molar-refractivity contribution in [3.63, 3.8) is 0 Å². The third-order valence-electron chi connectivity index (χ3n) is 17.4. The van der Waals surface area contributed by atoms with Crippen molar-refractivity contribution in [1.29, 1.82) is 0 Å². The lowest BCUT2D eigenvalue weighted by molar-refractivity contribution is 0.317. The smallest absolute Gasteiger partial charge is 0.119 e. The predicted molar refractivity (Wildman–Crippen MR) is 337 cm³/mol. The summed E-state index contributed by atoms with van der Waals surface area (Å²) in [5, 5.41) is 15.0. The first-order chi connectivity index (χ1) is 39.0. The maximum Gasteiger partial charge on any atom is 0.119 e. The van der Waals surface area contributed by atoms with Gasteiger partial charge in [0.2, 0.25) is 0 Å². The fourth-order valence-corrected chi connectivity index (χ4v) is 13.9. The molecule has 0 unspecified atom stereocenters. The average Bonchev–Trinajstić information content (AvgIpc) is 4.08. The Kier molecular flexibility index (Phi) is 12.1. The number of fused-ring (bicyclic) bond motifs is 9. The van der Waals surface area contributed by atoms with Crippen molar-refractivity contribution in [1.82, 2.24) is 0 Å². The van der Waals surface area contributed by atoms with Gasteiger partial charge in [-0.05, 0) is 205 Å². The fourth-order valence-electron chi connectivity index (χ4n) is 13.9. The predicted octanol–water partition coefficient (Wildman–Crippen LogP) is 21.6. The van der Waals surface area contributed by atoms with E-state index in [1.807, 2.05) is 0 Å². The van der Waals surface area contributed by atoms with Crippen molar-refractivity contribution < 1.29 is 9.47 Å². The highest BCUT2D eigenvalue weighted by Crippen LogP contribution is 2.57. The summed E-state index contributed by atoms with van der Waals surface area (Å²) in [6.45, 7) is 10.5. The molecule has 0 saturated heterocycles. The van der Waals surface area contributed by atoms with Gasteiger partial charge in [-0.1, -0.05) is 222 Å². The summed E-state index contributed by atoms with van der Waals surface area (Å²) in [5.41, 5.74) is 17.9. The van der Waals surface area contributed by atoms with Crippen molar-refractivity contribution in [3.05, 3.63) is 242 Å². The Morgan fingerprint density at radius 3 is 0.759 bits per heavy atom. The van der Waals surface area contributed by atoms with E-state index in [1.54, 1.807) is 0 Å². The van der Waals surface area contributed by atoms with E-state index in [0.29, 0.717) is 13.2 Å². The van der Waals surface area contributed by atoms with Crippen molar-refractivity contribution in [2.24, 2.45) is 0 Å². The molecule has 2 heteroatoms. The first kappa shape index (κ1) is 48.4. The molecule has 13 aromatic rings. The highest BCUT2D eigenvalue weighted by molar-refractivity contribution is 6.30. The molecule has 382 valence electrons. The Morgan fingerprint density at radius 2 is 0.506 bits per heavy atom.